The minimum Gasteiger partial charge on any atom is -0.396 e. The van der Waals surface area contributed by atoms with E-state index in [1.165, 1.54) is 0 Å². The molecular weight excluding hydrogens is 255 g/mol. The van der Waals surface area contributed by atoms with E-state index in [1.807, 2.05) is 0 Å². The van der Waals surface area contributed by atoms with Crippen molar-refractivity contribution in [2.24, 2.45) is 0 Å². The molecule has 0 aliphatic rings. The van der Waals surface area contributed by atoms with Gasteiger partial charge in [0.25, 0.3) is 0 Å². The summed E-state index contributed by atoms with van der Waals surface area (Å²) in [5.74, 6) is 0. The van der Waals surface area contributed by atoms with Gasteiger partial charge < -0.3 is 6.87 Å². The Balaban J connectivity index is 0. The van der Waals surface area contributed by atoms with Crippen LogP contribution in [0.2, 0.25) is 0 Å². The van der Waals surface area contributed by atoms with Crippen molar-refractivity contribution in [1.29, 1.82) is 0 Å². The molecule has 5 heavy (non-hydrogen) atoms. The first-order valence-corrected chi connectivity index (χ1v) is 3.20. The largest absolute Gasteiger partial charge is 0.503 e. The van der Waals surface area contributed by atoms with Crippen LogP contribution in [-0.4, -0.2) is 3.44 Å². The van der Waals surface area contributed by atoms with Crippen molar-refractivity contribution in [3.8, 4) is 0 Å². The quantitative estimate of drug-likeness (QED) is 0.440. The van der Waals surface area contributed by atoms with Gasteiger partial charge in [-0.25, -0.2) is 0 Å². The monoisotopic (exact) mass is 256 g/mol. The van der Waals surface area contributed by atoms with E-state index >= 15 is 0 Å². The Morgan fingerprint density at radius 3 is 1.40 bits per heavy atom. The second-order valence-corrected chi connectivity index (χ2v) is 1.35. The van der Waals surface area contributed by atoms with Gasteiger partial charge in [-0.05, 0) is 3.44 Å². The maximum Gasteiger partial charge on any atom is 0.503 e. The van der Waals surface area contributed by atoms with Gasteiger partial charge in [-0.1, -0.05) is 0 Å². The Kier molecular flexibility index (Phi) is 9.60. The molecule has 0 aliphatic heterocycles. The van der Waals surface area contributed by atoms with Gasteiger partial charge in [-0.3, -0.25) is 0 Å². The van der Waals surface area contributed by atoms with E-state index in [9.17, 15) is 0 Å². The number of hydrogen-bond acceptors (Lipinski definition) is 3. The van der Waals surface area contributed by atoms with Crippen LogP contribution in [0.1, 0.15) is 0 Å². The van der Waals surface area contributed by atoms with Gasteiger partial charge in [0.1, 0.15) is 0 Å². The Morgan fingerprint density at radius 1 is 1.40 bits per heavy atom. The number of rotatable bonds is 0. The fourth-order valence-electron chi connectivity index (χ4n) is 0. The smallest absolute Gasteiger partial charge is 0.396 e. The summed E-state index contributed by atoms with van der Waals surface area (Å²) in [6.45, 7) is 0. The van der Waals surface area contributed by atoms with Crippen molar-refractivity contribution in [2.45, 2.75) is 0 Å². The summed E-state index contributed by atoms with van der Waals surface area (Å²) in [7, 11) is 0. The highest BCUT2D eigenvalue weighted by Crippen LogP contribution is 0.846. The predicted octanol–water partition coefficient (Wildman–Crippen LogP) is -5.35. The highest BCUT2D eigenvalue weighted by molar-refractivity contribution is 8.93. The minimum absolute atomic E-state index is 0. The predicted molar refractivity (Wildman–Crippen MR) is 12.5 cm³/mol. The topological polar surface area (TPSA) is 66.3 Å². The molecule has 0 aromatic heterocycles. The van der Waals surface area contributed by atoms with Crippen molar-refractivity contribution >= 4 is 17.0 Å². The molecule has 0 rings (SSSR count). The molecule has 5 heteroatoms. The summed E-state index contributed by atoms with van der Waals surface area (Å²) in [4.78, 5) is 0. The molecule has 0 spiro atoms. The summed E-state index contributed by atoms with van der Waals surface area (Å²) in [6, 6.07) is 0. The molecule has 1 N–H and O–H groups in total. The normalized spacial score (nSPS) is 7.20. The van der Waals surface area contributed by atoms with Crippen molar-refractivity contribution in [3.63, 3.8) is 0 Å². The van der Waals surface area contributed by atoms with E-state index in [0.717, 1.165) is 0 Å². The minimum atomic E-state index is -3.76. The Hall–Kier alpha value is 1.09. The number of hydrogen-bond donors (Lipinski definition) is 1. The maximum absolute atomic E-state index is 8.68. The number of halogens is 2. The van der Waals surface area contributed by atoms with E-state index < -0.39 is 21.1 Å². The van der Waals surface area contributed by atoms with Crippen LogP contribution < -0.4 is 27.9 Å². The Bertz CT molecular complexity index is 11.6. The molecule has 0 aliphatic carbocycles. The molecule has 0 amide bonds. The van der Waals surface area contributed by atoms with Gasteiger partial charge in [-0.2, -0.15) is 0 Å². The summed E-state index contributed by atoms with van der Waals surface area (Å²) in [5.41, 5.74) is 0. The molecule has 3 nitrogen and oxygen atoms in total. The lowest BCUT2D eigenvalue weighted by molar-refractivity contribution is -1.63. The van der Waals surface area contributed by atoms with Crippen LogP contribution in [0, 0.1) is 0 Å². The third-order valence-corrected chi connectivity index (χ3v) is 0. The van der Waals surface area contributed by atoms with Crippen molar-refractivity contribution in [3.05, 3.63) is 0 Å². The van der Waals surface area contributed by atoms with Crippen molar-refractivity contribution in [2.75, 3.05) is 0 Å². The third-order valence-electron chi connectivity index (χ3n) is 0. The zero-order valence-corrected chi connectivity index (χ0v) is 5.92. The molecule has 34 valence electrons. The molecule has 0 fully saturated rings. The van der Waals surface area contributed by atoms with Crippen LogP contribution >= 0.6 is 17.0 Å². The fraction of sp³-hybridized carbons (Fsp3) is 0. The van der Waals surface area contributed by atoms with Crippen molar-refractivity contribution in [1.82, 2.24) is 0 Å². The van der Waals surface area contributed by atoms with Crippen LogP contribution in [0.25, 0.3) is 0 Å². The first-order chi connectivity index (χ1) is 1.73. The first-order valence-electron chi connectivity index (χ1n) is 0.478. The zero-order valence-electron chi connectivity index (χ0n) is 2.05. The second-order valence-electron chi connectivity index (χ2n) is 0.201. The van der Waals surface area contributed by atoms with Gasteiger partial charge in [0, 0.05) is 0 Å². The maximum atomic E-state index is 8.68. The van der Waals surface area contributed by atoms with Gasteiger partial charge in [-0.15, -0.1) is 17.0 Å². The molecule has 0 heterocycles. The molecule has 0 atom stereocenters. The average molecular weight is 257 g/mol. The first kappa shape index (κ1) is 9.43. The van der Waals surface area contributed by atoms with Crippen LogP contribution in [-0.2, 0) is 0 Å². The highest BCUT2D eigenvalue weighted by Gasteiger charge is 1.89. The Labute approximate surface area is 48.4 Å². The summed E-state index contributed by atoms with van der Waals surface area (Å²) >= 11 is -3.76. The lowest BCUT2D eigenvalue weighted by atomic mass is 16.0. The van der Waals surface area contributed by atoms with E-state index in [0.29, 0.717) is 0 Å². The molecule has 0 radical (unpaired) electrons. The molecular formula is H2BrIO3. The molecule has 0 bridgehead atoms. The molecule has 0 saturated carbocycles. The van der Waals surface area contributed by atoms with Crippen molar-refractivity contribution < 1.29 is 31.4 Å². The lowest BCUT2D eigenvalue weighted by Gasteiger charge is -1.67. The SMILES string of the molecule is Br.[O-][I+2]([O-])O. The van der Waals surface area contributed by atoms with Crippen LogP contribution in [0.3, 0.4) is 0 Å². The molecule has 0 saturated heterocycles. The van der Waals surface area contributed by atoms with E-state index in [4.69, 9.17) is 10.3 Å². The van der Waals surface area contributed by atoms with E-state index in [-0.39, 0.29) is 17.0 Å². The van der Waals surface area contributed by atoms with Crippen LogP contribution in [0.4, 0.5) is 0 Å². The zero-order chi connectivity index (χ0) is 3.58. The second kappa shape index (κ2) is 5.09. The third kappa shape index (κ3) is 40.9. The van der Waals surface area contributed by atoms with E-state index in [2.05, 4.69) is 0 Å². The molecule has 0 aromatic carbocycles. The molecule has 0 aromatic rings. The van der Waals surface area contributed by atoms with Gasteiger partial charge in [0.05, 0.1) is 0 Å². The van der Waals surface area contributed by atoms with Gasteiger partial charge >= 0.3 is 21.1 Å². The molecule has 0 unspecified atom stereocenters. The lowest BCUT2D eigenvalue weighted by Crippen LogP contribution is -3.98. The van der Waals surface area contributed by atoms with Gasteiger partial charge in [0.2, 0.25) is 0 Å². The van der Waals surface area contributed by atoms with Gasteiger partial charge in [0.15, 0.2) is 0 Å². The Morgan fingerprint density at radius 2 is 1.40 bits per heavy atom. The standard InChI is InChI=1S/BrH.HIO3/c;2-1(3)4/h1H;2H. The van der Waals surface area contributed by atoms with Crippen LogP contribution in [0.5, 0.6) is 0 Å². The fourth-order valence-corrected chi connectivity index (χ4v) is 0. The highest BCUT2D eigenvalue weighted by atomic mass is 127. The van der Waals surface area contributed by atoms with E-state index in [1.54, 1.807) is 0 Å². The summed E-state index contributed by atoms with van der Waals surface area (Å²) < 4.78 is 24.5. The summed E-state index contributed by atoms with van der Waals surface area (Å²) in [5, 5.41) is 0. The van der Waals surface area contributed by atoms with Crippen LogP contribution in [0.15, 0.2) is 0 Å². The average Bonchev–Trinajstić information content (AvgIpc) is 0.811. The summed E-state index contributed by atoms with van der Waals surface area (Å²) in [6.07, 6.45) is 0.